The number of nitrogens with zero attached hydrogens (tertiary/aromatic N) is 2. The highest BCUT2D eigenvalue weighted by Crippen LogP contribution is 2.26. The van der Waals surface area contributed by atoms with Gasteiger partial charge in [-0.15, -0.1) is 0 Å². The van der Waals surface area contributed by atoms with Crippen LogP contribution in [0.1, 0.15) is 36.3 Å². The molecule has 5 heteroatoms. The van der Waals surface area contributed by atoms with Crippen LogP contribution >= 0.6 is 11.6 Å². The molecule has 1 saturated heterocycles. The Bertz CT molecular complexity index is 470. The van der Waals surface area contributed by atoms with Gasteiger partial charge in [0.2, 0.25) is 0 Å². The van der Waals surface area contributed by atoms with E-state index in [4.69, 9.17) is 11.6 Å². The Morgan fingerprint density at radius 3 is 2.72 bits per heavy atom. The summed E-state index contributed by atoms with van der Waals surface area (Å²) < 4.78 is 0. The van der Waals surface area contributed by atoms with Gasteiger partial charge in [-0.2, -0.15) is 0 Å². The Morgan fingerprint density at radius 2 is 2.17 bits per heavy atom. The zero-order valence-electron chi connectivity index (χ0n) is 10.6. The van der Waals surface area contributed by atoms with Gasteiger partial charge in [-0.3, -0.25) is 4.79 Å². The van der Waals surface area contributed by atoms with E-state index >= 15 is 0 Å². The largest absolute Gasteiger partial charge is 0.386 e. The Balaban J connectivity index is 2.13. The van der Waals surface area contributed by atoms with Crippen LogP contribution in [0.5, 0.6) is 0 Å². The zero-order chi connectivity index (χ0) is 13.3. The second kappa shape index (κ2) is 4.86. The number of carbonyl (C=O) groups is 1. The van der Waals surface area contributed by atoms with Crippen molar-refractivity contribution in [1.82, 2.24) is 9.88 Å². The minimum atomic E-state index is -0.708. The van der Waals surface area contributed by atoms with E-state index in [9.17, 15) is 9.90 Å². The summed E-state index contributed by atoms with van der Waals surface area (Å²) in [6, 6.07) is 3.34. The minimum Gasteiger partial charge on any atom is -0.386 e. The summed E-state index contributed by atoms with van der Waals surface area (Å²) in [5, 5.41) is 10.2. The van der Waals surface area contributed by atoms with Gasteiger partial charge in [0.05, 0.1) is 18.7 Å². The highest BCUT2D eigenvalue weighted by molar-refractivity contribution is 6.29. The van der Waals surface area contributed by atoms with Crippen molar-refractivity contribution < 1.29 is 9.90 Å². The van der Waals surface area contributed by atoms with Crippen LogP contribution in [0.4, 0.5) is 0 Å². The minimum absolute atomic E-state index is 0.0906. The Labute approximate surface area is 112 Å². The average Bonchev–Trinajstić information content (AvgIpc) is 2.33. The molecule has 1 aliphatic heterocycles. The fraction of sp³-hybridized carbons (Fsp3) is 0.538. The highest BCUT2D eigenvalue weighted by atomic mass is 35.5. The van der Waals surface area contributed by atoms with Crippen molar-refractivity contribution in [3.63, 3.8) is 0 Å². The zero-order valence-corrected chi connectivity index (χ0v) is 11.4. The molecular weight excluding hydrogens is 252 g/mol. The molecule has 1 fully saturated rings. The fourth-order valence-corrected chi connectivity index (χ4v) is 2.30. The number of hydrogen-bond acceptors (Lipinski definition) is 3. The molecule has 4 nitrogen and oxygen atoms in total. The molecule has 98 valence electrons. The summed E-state index contributed by atoms with van der Waals surface area (Å²) in [5.41, 5.74) is 0.641. The molecule has 1 aromatic heterocycles. The molecular formula is C13H17ClN2O2. The number of likely N-dealkylation sites (tertiary alicyclic amines) is 1. The number of carbonyl (C=O) groups excluding carboxylic acids is 1. The number of pyridine rings is 1. The number of aryl methyl sites for hydroxylation is 1. The maximum Gasteiger partial charge on any atom is 0.254 e. The van der Waals surface area contributed by atoms with Crippen LogP contribution in [0, 0.1) is 0 Å². The first kappa shape index (κ1) is 13.3. The molecule has 2 rings (SSSR count). The second-order valence-corrected chi connectivity index (χ2v) is 5.15. The van der Waals surface area contributed by atoms with E-state index in [0.717, 1.165) is 12.1 Å². The van der Waals surface area contributed by atoms with Crippen LogP contribution in [0.15, 0.2) is 12.1 Å². The molecule has 0 aromatic carbocycles. The molecule has 0 unspecified atom stereocenters. The number of aromatic nitrogens is 1. The summed E-state index contributed by atoms with van der Waals surface area (Å²) in [6.45, 7) is 4.67. The van der Waals surface area contributed by atoms with Crippen molar-refractivity contribution in [3.8, 4) is 0 Å². The van der Waals surface area contributed by atoms with E-state index in [1.165, 1.54) is 0 Å². The topological polar surface area (TPSA) is 53.4 Å². The van der Waals surface area contributed by atoms with Crippen LogP contribution in [0.3, 0.4) is 0 Å². The van der Waals surface area contributed by atoms with Crippen molar-refractivity contribution in [2.75, 3.05) is 13.1 Å². The van der Waals surface area contributed by atoms with Gasteiger partial charge in [-0.25, -0.2) is 4.98 Å². The Kier molecular flexibility index (Phi) is 3.59. The van der Waals surface area contributed by atoms with Crippen LogP contribution in [0.25, 0.3) is 0 Å². The Hall–Kier alpha value is -1.13. The summed E-state index contributed by atoms with van der Waals surface area (Å²) in [4.78, 5) is 17.9. The van der Waals surface area contributed by atoms with Gasteiger partial charge in [0, 0.05) is 11.3 Å². The smallest absolute Gasteiger partial charge is 0.254 e. The predicted octanol–water partition coefficient (Wildman–Crippen LogP) is 1.89. The number of β-amino-alcohol motifs (C(OH)–C–C–N with tert-alkyl or cyclic N) is 1. The molecule has 1 N–H and O–H groups in total. The molecule has 2 heterocycles. The Morgan fingerprint density at radius 1 is 1.50 bits per heavy atom. The van der Waals surface area contributed by atoms with Crippen LogP contribution in [0.2, 0.25) is 5.15 Å². The molecule has 0 aliphatic carbocycles. The third kappa shape index (κ3) is 2.49. The molecule has 0 atom stereocenters. The standard InChI is InChI=1S/C13H17ClN2O2/c1-3-10-5-9(6-11(14)15-10)12(17)16-7-13(18,4-2)8-16/h5-6,18H,3-4,7-8H2,1-2H3. The first-order valence-electron chi connectivity index (χ1n) is 6.15. The van der Waals surface area contributed by atoms with Gasteiger partial charge in [0.1, 0.15) is 5.15 Å². The first-order valence-corrected chi connectivity index (χ1v) is 6.53. The molecule has 0 bridgehead atoms. The van der Waals surface area contributed by atoms with Crippen LogP contribution in [-0.2, 0) is 6.42 Å². The number of halogens is 1. The third-order valence-electron chi connectivity index (χ3n) is 3.37. The van der Waals surface area contributed by atoms with Gasteiger partial charge >= 0.3 is 0 Å². The normalized spacial score (nSPS) is 17.4. The molecule has 1 aliphatic rings. The molecule has 1 aromatic rings. The van der Waals surface area contributed by atoms with E-state index in [0.29, 0.717) is 30.2 Å². The number of aliphatic hydroxyl groups is 1. The maximum absolute atomic E-state index is 12.2. The monoisotopic (exact) mass is 268 g/mol. The summed E-state index contributed by atoms with van der Waals surface area (Å²) in [6.07, 6.45) is 1.40. The lowest BCUT2D eigenvalue weighted by molar-refractivity contribution is -0.0826. The van der Waals surface area contributed by atoms with Gasteiger partial charge < -0.3 is 10.0 Å². The molecule has 0 saturated carbocycles. The van der Waals surface area contributed by atoms with E-state index in [1.54, 1.807) is 17.0 Å². The number of hydrogen-bond donors (Lipinski definition) is 1. The quantitative estimate of drug-likeness (QED) is 0.852. The number of rotatable bonds is 3. The molecule has 0 radical (unpaired) electrons. The average molecular weight is 269 g/mol. The van der Waals surface area contributed by atoms with Crippen molar-refractivity contribution in [1.29, 1.82) is 0 Å². The molecule has 18 heavy (non-hydrogen) atoms. The van der Waals surface area contributed by atoms with E-state index in [-0.39, 0.29) is 5.91 Å². The van der Waals surface area contributed by atoms with Crippen molar-refractivity contribution in [2.24, 2.45) is 0 Å². The van der Waals surface area contributed by atoms with Crippen LogP contribution in [-0.4, -0.2) is 39.6 Å². The van der Waals surface area contributed by atoms with Crippen molar-refractivity contribution in [2.45, 2.75) is 32.3 Å². The van der Waals surface area contributed by atoms with Gasteiger partial charge in [0.25, 0.3) is 5.91 Å². The maximum atomic E-state index is 12.2. The van der Waals surface area contributed by atoms with Gasteiger partial charge in [0.15, 0.2) is 0 Å². The van der Waals surface area contributed by atoms with E-state index in [1.807, 2.05) is 13.8 Å². The first-order chi connectivity index (χ1) is 8.47. The third-order valence-corrected chi connectivity index (χ3v) is 3.57. The highest BCUT2D eigenvalue weighted by Gasteiger charge is 2.42. The SMILES string of the molecule is CCc1cc(C(=O)N2CC(O)(CC)C2)cc(Cl)n1. The lowest BCUT2D eigenvalue weighted by Gasteiger charge is -2.46. The summed E-state index contributed by atoms with van der Waals surface area (Å²) in [7, 11) is 0. The fourth-order valence-electron chi connectivity index (χ4n) is 2.07. The van der Waals surface area contributed by atoms with E-state index in [2.05, 4.69) is 4.98 Å². The lowest BCUT2D eigenvalue weighted by Crippen LogP contribution is -2.63. The van der Waals surface area contributed by atoms with Gasteiger partial charge in [-0.1, -0.05) is 25.4 Å². The molecule has 1 amide bonds. The second-order valence-electron chi connectivity index (χ2n) is 4.76. The molecule has 0 spiro atoms. The summed E-state index contributed by atoms with van der Waals surface area (Å²) >= 11 is 5.89. The lowest BCUT2D eigenvalue weighted by atomic mass is 9.90. The summed E-state index contributed by atoms with van der Waals surface area (Å²) in [5.74, 6) is -0.0906. The van der Waals surface area contributed by atoms with Crippen LogP contribution < -0.4 is 0 Å². The predicted molar refractivity (Wildman–Crippen MR) is 69.8 cm³/mol. The van der Waals surface area contributed by atoms with Crippen molar-refractivity contribution in [3.05, 3.63) is 28.5 Å². The number of amides is 1. The van der Waals surface area contributed by atoms with Gasteiger partial charge in [-0.05, 0) is 25.0 Å². The van der Waals surface area contributed by atoms with Crippen molar-refractivity contribution >= 4 is 17.5 Å². The van der Waals surface area contributed by atoms with E-state index < -0.39 is 5.60 Å².